The van der Waals surface area contributed by atoms with Gasteiger partial charge in [-0.1, -0.05) is 13.3 Å². The molecule has 0 aromatic heterocycles. The lowest BCUT2D eigenvalue weighted by molar-refractivity contribution is -0.145. The normalized spacial score (nSPS) is 11.7. The van der Waals surface area contributed by atoms with Crippen LogP contribution in [0.2, 0.25) is 0 Å². The molecule has 3 N–H and O–H groups in total. The SMILES string of the molecule is CCCC(Oc1ccc(N)cc1C(=O)OC)C(=O)O. The summed E-state index contributed by atoms with van der Waals surface area (Å²) in [5, 5.41) is 9.04. The number of aliphatic carboxylic acids is 1. The van der Waals surface area contributed by atoms with E-state index in [-0.39, 0.29) is 11.3 Å². The number of hydrogen-bond acceptors (Lipinski definition) is 5. The van der Waals surface area contributed by atoms with Crippen molar-refractivity contribution >= 4 is 17.6 Å². The molecule has 0 aliphatic heterocycles. The molecular formula is C13H17NO5. The fourth-order valence-electron chi connectivity index (χ4n) is 1.57. The Labute approximate surface area is 111 Å². The van der Waals surface area contributed by atoms with Crippen molar-refractivity contribution in [2.75, 3.05) is 12.8 Å². The molecule has 1 atom stereocenters. The maximum atomic E-state index is 11.6. The van der Waals surface area contributed by atoms with Gasteiger partial charge in [0.15, 0.2) is 6.10 Å². The Hall–Kier alpha value is -2.24. The Kier molecular flexibility index (Phi) is 5.17. The minimum absolute atomic E-state index is 0.116. The number of nitrogen functional groups attached to an aromatic ring is 1. The van der Waals surface area contributed by atoms with Crippen molar-refractivity contribution in [3.05, 3.63) is 23.8 Å². The number of anilines is 1. The number of benzene rings is 1. The molecule has 1 rings (SSSR count). The summed E-state index contributed by atoms with van der Waals surface area (Å²) in [7, 11) is 1.23. The van der Waals surface area contributed by atoms with Crippen molar-refractivity contribution in [3.8, 4) is 5.75 Å². The number of ether oxygens (including phenoxy) is 2. The van der Waals surface area contributed by atoms with Crippen molar-refractivity contribution in [1.82, 2.24) is 0 Å². The quantitative estimate of drug-likeness (QED) is 0.601. The highest BCUT2D eigenvalue weighted by Crippen LogP contribution is 2.24. The number of rotatable bonds is 6. The first kappa shape index (κ1) is 14.8. The average Bonchev–Trinajstić information content (AvgIpc) is 2.38. The first-order valence-corrected chi connectivity index (χ1v) is 5.86. The minimum Gasteiger partial charge on any atom is -0.479 e. The number of nitrogens with two attached hydrogens (primary N) is 1. The van der Waals surface area contributed by atoms with Gasteiger partial charge in [0.1, 0.15) is 11.3 Å². The number of esters is 1. The van der Waals surface area contributed by atoms with Gasteiger partial charge in [-0.3, -0.25) is 0 Å². The van der Waals surface area contributed by atoms with Gasteiger partial charge in [-0.15, -0.1) is 0 Å². The number of carboxylic acids is 1. The molecule has 6 heteroatoms. The molecule has 0 bridgehead atoms. The van der Waals surface area contributed by atoms with Gasteiger partial charge < -0.3 is 20.3 Å². The number of carbonyl (C=O) groups is 2. The van der Waals surface area contributed by atoms with Gasteiger partial charge in [0.25, 0.3) is 0 Å². The van der Waals surface area contributed by atoms with Crippen LogP contribution in [0.25, 0.3) is 0 Å². The summed E-state index contributed by atoms with van der Waals surface area (Å²) in [6.45, 7) is 1.85. The van der Waals surface area contributed by atoms with E-state index in [1.165, 1.54) is 25.3 Å². The fourth-order valence-corrected chi connectivity index (χ4v) is 1.57. The Balaban J connectivity index is 3.05. The summed E-state index contributed by atoms with van der Waals surface area (Å²) < 4.78 is 9.98. The predicted octanol–water partition coefficient (Wildman–Crippen LogP) is 1.69. The molecule has 0 amide bonds. The van der Waals surface area contributed by atoms with E-state index in [0.29, 0.717) is 18.5 Å². The van der Waals surface area contributed by atoms with Crippen LogP contribution in [-0.4, -0.2) is 30.3 Å². The smallest absolute Gasteiger partial charge is 0.344 e. The zero-order valence-electron chi connectivity index (χ0n) is 10.9. The standard InChI is InChI=1S/C13H17NO5/c1-3-4-11(12(15)16)19-10-6-5-8(14)7-9(10)13(17)18-2/h5-7,11H,3-4,14H2,1-2H3,(H,15,16). The highest BCUT2D eigenvalue weighted by atomic mass is 16.5. The average molecular weight is 267 g/mol. The van der Waals surface area contributed by atoms with E-state index in [9.17, 15) is 9.59 Å². The first-order valence-electron chi connectivity index (χ1n) is 5.86. The number of hydrogen-bond donors (Lipinski definition) is 2. The van der Waals surface area contributed by atoms with Crippen LogP contribution in [0, 0.1) is 0 Å². The lowest BCUT2D eigenvalue weighted by atomic mass is 10.1. The van der Waals surface area contributed by atoms with Gasteiger partial charge in [-0.2, -0.15) is 0 Å². The second kappa shape index (κ2) is 6.63. The first-order chi connectivity index (χ1) is 8.99. The molecule has 6 nitrogen and oxygen atoms in total. The molecule has 0 aliphatic rings. The summed E-state index contributed by atoms with van der Waals surface area (Å²) in [5.41, 5.74) is 6.08. The Morgan fingerprint density at radius 1 is 1.42 bits per heavy atom. The third-order valence-corrected chi connectivity index (χ3v) is 2.50. The highest BCUT2D eigenvalue weighted by molar-refractivity contribution is 5.93. The van der Waals surface area contributed by atoms with Gasteiger partial charge in [-0.05, 0) is 24.6 Å². The maximum absolute atomic E-state index is 11.6. The van der Waals surface area contributed by atoms with Crippen LogP contribution in [-0.2, 0) is 9.53 Å². The van der Waals surface area contributed by atoms with Crippen LogP contribution >= 0.6 is 0 Å². The molecule has 19 heavy (non-hydrogen) atoms. The lowest BCUT2D eigenvalue weighted by Gasteiger charge is -2.16. The third kappa shape index (κ3) is 3.87. The van der Waals surface area contributed by atoms with Crippen LogP contribution < -0.4 is 10.5 Å². The molecule has 104 valence electrons. The van der Waals surface area contributed by atoms with E-state index in [0.717, 1.165) is 0 Å². The van der Waals surface area contributed by atoms with E-state index in [2.05, 4.69) is 4.74 Å². The Morgan fingerprint density at radius 2 is 2.11 bits per heavy atom. The van der Waals surface area contributed by atoms with Crippen LogP contribution in [0.4, 0.5) is 5.69 Å². The van der Waals surface area contributed by atoms with Crippen molar-refractivity contribution in [2.24, 2.45) is 0 Å². The molecule has 0 aliphatic carbocycles. The van der Waals surface area contributed by atoms with Crippen LogP contribution in [0.3, 0.4) is 0 Å². The molecule has 1 aromatic rings. The second-order valence-electron chi connectivity index (χ2n) is 3.98. The Morgan fingerprint density at radius 3 is 2.63 bits per heavy atom. The molecule has 0 saturated carbocycles. The summed E-state index contributed by atoms with van der Waals surface area (Å²) >= 11 is 0. The largest absolute Gasteiger partial charge is 0.479 e. The van der Waals surface area contributed by atoms with Crippen molar-refractivity contribution in [2.45, 2.75) is 25.9 Å². The minimum atomic E-state index is -1.07. The molecule has 0 saturated heterocycles. The molecule has 1 aromatic carbocycles. The fraction of sp³-hybridized carbons (Fsp3) is 0.385. The van der Waals surface area contributed by atoms with Crippen LogP contribution in [0.15, 0.2) is 18.2 Å². The lowest BCUT2D eigenvalue weighted by Crippen LogP contribution is -2.27. The monoisotopic (exact) mass is 267 g/mol. The van der Waals surface area contributed by atoms with Gasteiger partial charge in [0.05, 0.1) is 7.11 Å². The number of carbonyl (C=O) groups excluding carboxylic acids is 1. The summed E-state index contributed by atoms with van der Waals surface area (Å²) in [6, 6.07) is 4.39. The van der Waals surface area contributed by atoms with Gasteiger partial charge in [0.2, 0.25) is 0 Å². The molecule has 0 fully saturated rings. The number of methoxy groups -OCH3 is 1. The maximum Gasteiger partial charge on any atom is 0.344 e. The molecule has 0 spiro atoms. The zero-order valence-corrected chi connectivity index (χ0v) is 10.9. The number of carboxylic acid groups (broad SMARTS) is 1. The van der Waals surface area contributed by atoms with Crippen molar-refractivity contribution in [3.63, 3.8) is 0 Å². The third-order valence-electron chi connectivity index (χ3n) is 2.50. The van der Waals surface area contributed by atoms with Gasteiger partial charge in [0, 0.05) is 5.69 Å². The van der Waals surface area contributed by atoms with Crippen molar-refractivity contribution in [1.29, 1.82) is 0 Å². The van der Waals surface area contributed by atoms with Crippen molar-refractivity contribution < 1.29 is 24.2 Å². The van der Waals surface area contributed by atoms with Crippen LogP contribution in [0.5, 0.6) is 5.75 Å². The van der Waals surface area contributed by atoms with Crippen LogP contribution in [0.1, 0.15) is 30.1 Å². The molecule has 0 heterocycles. The van der Waals surface area contributed by atoms with E-state index in [4.69, 9.17) is 15.6 Å². The molecular weight excluding hydrogens is 250 g/mol. The van der Waals surface area contributed by atoms with E-state index in [1.807, 2.05) is 6.92 Å². The molecule has 1 unspecified atom stereocenters. The zero-order chi connectivity index (χ0) is 14.4. The van der Waals surface area contributed by atoms with Gasteiger partial charge in [-0.25, -0.2) is 9.59 Å². The highest BCUT2D eigenvalue weighted by Gasteiger charge is 2.22. The predicted molar refractivity (Wildman–Crippen MR) is 69.2 cm³/mol. The Bertz CT molecular complexity index is 472. The molecule has 0 radical (unpaired) electrons. The van der Waals surface area contributed by atoms with E-state index in [1.54, 1.807) is 0 Å². The van der Waals surface area contributed by atoms with E-state index < -0.39 is 18.0 Å². The summed E-state index contributed by atoms with van der Waals surface area (Å²) in [4.78, 5) is 22.6. The van der Waals surface area contributed by atoms with E-state index >= 15 is 0 Å². The topological polar surface area (TPSA) is 98.9 Å². The second-order valence-corrected chi connectivity index (χ2v) is 3.98. The van der Waals surface area contributed by atoms with Gasteiger partial charge >= 0.3 is 11.9 Å². The summed E-state index contributed by atoms with van der Waals surface area (Å²) in [6.07, 6.45) is -0.00293. The summed E-state index contributed by atoms with van der Waals surface area (Å²) in [5.74, 6) is -1.54.